The highest BCUT2D eigenvalue weighted by atomic mass is 16.6. The maximum absolute atomic E-state index is 12.2. The fraction of sp³-hybridized carbons (Fsp3) is 0.143. The number of para-hydroxylation sites is 2. The summed E-state index contributed by atoms with van der Waals surface area (Å²) in [4.78, 5) is 24.5. The quantitative estimate of drug-likeness (QED) is 0.702. The molecule has 0 unspecified atom stereocenters. The summed E-state index contributed by atoms with van der Waals surface area (Å²) in [5.41, 5.74) is 5.75. The van der Waals surface area contributed by atoms with Crippen LogP contribution in [0.25, 0.3) is 10.8 Å². The molecule has 2 N–H and O–H groups in total. The van der Waals surface area contributed by atoms with Gasteiger partial charge in [0.05, 0.1) is 6.42 Å². The van der Waals surface area contributed by atoms with E-state index < -0.39 is 12.0 Å². The van der Waals surface area contributed by atoms with Crippen LogP contribution < -0.4 is 20.3 Å². The van der Waals surface area contributed by atoms with Gasteiger partial charge in [0.25, 0.3) is 5.91 Å². The Morgan fingerprint density at radius 2 is 1.63 bits per heavy atom. The van der Waals surface area contributed by atoms with Crippen molar-refractivity contribution in [3.63, 3.8) is 0 Å². The SMILES string of the molecule is O=C(Cc1cccc2ccccc12)NNC(=O)[C@H]1COc2ccccc2O1. The molecule has 6 nitrogen and oxygen atoms in total. The predicted molar refractivity (Wildman–Crippen MR) is 100 cm³/mol. The third kappa shape index (κ3) is 3.69. The van der Waals surface area contributed by atoms with E-state index in [1.54, 1.807) is 18.2 Å². The fourth-order valence-corrected chi connectivity index (χ4v) is 3.02. The molecule has 0 fully saturated rings. The molecule has 0 aliphatic carbocycles. The molecule has 136 valence electrons. The minimum absolute atomic E-state index is 0.0854. The van der Waals surface area contributed by atoms with E-state index in [2.05, 4.69) is 10.9 Å². The number of carbonyl (C=O) groups excluding carboxylic acids is 2. The van der Waals surface area contributed by atoms with Gasteiger partial charge < -0.3 is 9.47 Å². The molecule has 0 bridgehead atoms. The van der Waals surface area contributed by atoms with E-state index in [1.165, 1.54) is 0 Å². The van der Waals surface area contributed by atoms with E-state index in [1.807, 2.05) is 48.5 Å². The number of ether oxygens (including phenoxy) is 2. The number of hydrazine groups is 1. The second-order valence-electron chi connectivity index (χ2n) is 6.22. The van der Waals surface area contributed by atoms with Crippen molar-refractivity contribution in [2.24, 2.45) is 0 Å². The van der Waals surface area contributed by atoms with Crippen LogP contribution in [0.4, 0.5) is 0 Å². The zero-order chi connectivity index (χ0) is 18.6. The predicted octanol–water partition coefficient (Wildman–Crippen LogP) is 2.37. The number of fused-ring (bicyclic) bond motifs is 2. The van der Waals surface area contributed by atoms with Gasteiger partial charge in [0.2, 0.25) is 12.0 Å². The van der Waals surface area contributed by atoms with Gasteiger partial charge >= 0.3 is 0 Å². The van der Waals surface area contributed by atoms with Gasteiger partial charge in [0.1, 0.15) is 6.61 Å². The molecule has 2 amide bonds. The normalized spacial score (nSPS) is 15.2. The lowest BCUT2D eigenvalue weighted by Crippen LogP contribution is -2.51. The number of nitrogens with one attached hydrogen (secondary N) is 2. The highest BCUT2D eigenvalue weighted by molar-refractivity contribution is 5.91. The van der Waals surface area contributed by atoms with Crippen LogP contribution in [0.3, 0.4) is 0 Å². The lowest BCUT2D eigenvalue weighted by Gasteiger charge is -2.25. The van der Waals surface area contributed by atoms with E-state index >= 15 is 0 Å². The summed E-state index contributed by atoms with van der Waals surface area (Å²) in [6.45, 7) is 0.0854. The van der Waals surface area contributed by atoms with Gasteiger partial charge in [-0.3, -0.25) is 20.4 Å². The molecule has 1 aliphatic heterocycles. The third-order valence-corrected chi connectivity index (χ3v) is 4.36. The number of hydrogen-bond donors (Lipinski definition) is 2. The van der Waals surface area contributed by atoms with Crippen LogP contribution in [0.2, 0.25) is 0 Å². The lowest BCUT2D eigenvalue weighted by atomic mass is 10.0. The molecule has 1 aliphatic rings. The first kappa shape index (κ1) is 16.9. The molecular weight excluding hydrogens is 344 g/mol. The Labute approximate surface area is 156 Å². The van der Waals surface area contributed by atoms with Gasteiger partial charge in [-0.15, -0.1) is 0 Å². The monoisotopic (exact) mass is 362 g/mol. The fourth-order valence-electron chi connectivity index (χ4n) is 3.02. The molecule has 1 atom stereocenters. The summed E-state index contributed by atoms with van der Waals surface area (Å²) in [6.07, 6.45) is -0.662. The van der Waals surface area contributed by atoms with Gasteiger partial charge in [-0.2, -0.15) is 0 Å². The number of amides is 2. The van der Waals surface area contributed by atoms with Crippen molar-refractivity contribution < 1.29 is 19.1 Å². The van der Waals surface area contributed by atoms with Crippen LogP contribution in [0.15, 0.2) is 66.7 Å². The molecular formula is C21H18N2O4. The van der Waals surface area contributed by atoms with Gasteiger partial charge in [-0.25, -0.2) is 0 Å². The molecule has 6 heteroatoms. The third-order valence-electron chi connectivity index (χ3n) is 4.36. The largest absolute Gasteiger partial charge is 0.485 e. The standard InChI is InChI=1S/C21H18N2O4/c24-20(12-15-8-5-7-14-6-1-2-9-16(14)15)22-23-21(25)19-13-26-17-10-3-4-11-18(17)27-19/h1-11,19H,12-13H2,(H,22,24)(H,23,25)/t19-/m1/s1. The second-order valence-corrected chi connectivity index (χ2v) is 6.22. The van der Waals surface area contributed by atoms with Crippen molar-refractivity contribution in [3.05, 3.63) is 72.3 Å². The molecule has 0 aromatic heterocycles. The highest BCUT2D eigenvalue weighted by Gasteiger charge is 2.27. The smallest absolute Gasteiger partial charge is 0.283 e. The summed E-state index contributed by atoms with van der Waals surface area (Å²) in [7, 11) is 0. The Morgan fingerprint density at radius 3 is 2.52 bits per heavy atom. The molecule has 1 heterocycles. The maximum Gasteiger partial charge on any atom is 0.283 e. The lowest BCUT2D eigenvalue weighted by molar-refractivity contribution is -0.134. The van der Waals surface area contributed by atoms with Crippen molar-refractivity contribution in [2.45, 2.75) is 12.5 Å². The number of hydrogen-bond acceptors (Lipinski definition) is 4. The van der Waals surface area contributed by atoms with Crippen molar-refractivity contribution in [1.82, 2.24) is 10.9 Å². The summed E-state index contributed by atoms with van der Waals surface area (Å²) in [5.74, 6) is 0.333. The summed E-state index contributed by atoms with van der Waals surface area (Å²) >= 11 is 0. The minimum Gasteiger partial charge on any atom is -0.485 e. The number of benzene rings is 3. The van der Waals surface area contributed by atoms with Crippen molar-refractivity contribution in [2.75, 3.05) is 6.61 Å². The molecule has 4 rings (SSSR count). The van der Waals surface area contributed by atoms with Crippen LogP contribution in [-0.4, -0.2) is 24.5 Å². The first-order valence-corrected chi connectivity index (χ1v) is 8.64. The molecule has 3 aromatic carbocycles. The van der Waals surface area contributed by atoms with Crippen molar-refractivity contribution in [1.29, 1.82) is 0 Å². The van der Waals surface area contributed by atoms with Crippen LogP contribution in [0.5, 0.6) is 11.5 Å². The first-order valence-electron chi connectivity index (χ1n) is 8.64. The highest BCUT2D eigenvalue weighted by Crippen LogP contribution is 2.30. The van der Waals surface area contributed by atoms with E-state index in [9.17, 15) is 9.59 Å². The van der Waals surface area contributed by atoms with Crippen molar-refractivity contribution in [3.8, 4) is 11.5 Å². The molecule has 3 aromatic rings. The van der Waals surface area contributed by atoms with Crippen molar-refractivity contribution >= 4 is 22.6 Å². The molecule has 27 heavy (non-hydrogen) atoms. The van der Waals surface area contributed by atoms with Gasteiger partial charge in [0, 0.05) is 0 Å². The molecule has 0 spiro atoms. The van der Waals surface area contributed by atoms with E-state index in [0.29, 0.717) is 11.5 Å². The van der Waals surface area contributed by atoms with Crippen LogP contribution in [0.1, 0.15) is 5.56 Å². The molecule has 0 saturated heterocycles. The van der Waals surface area contributed by atoms with E-state index in [-0.39, 0.29) is 18.9 Å². The Bertz CT molecular complexity index is 997. The number of carbonyl (C=O) groups is 2. The van der Waals surface area contributed by atoms with E-state index in [4.69, 9.17) is 9.47 Å². The topological polar surface area (TPSA) is 76.7 Å². The van der Waals surface area contributed by atoms with Gasteiger partial charge in [-0.05, 0) is 28.5 Å². The Hall–Kier alpha value is -3.54. The summed E-state index contributed by atoms with van der Waals surface area (Å²) in [6, 6.07) is 20.8. The minimum atomic E-state index is -0.822. The maximum atomic E-state index is 12.2. The first-order chi connectivity index (χ1) is 13.2. The average molecular weight is 362 g/mol. The van der Waals surface area contributed by atoms with E-state index in [0.717, 1.165) is 16.3 Å². The average Bonchev–Trinajstić information content (AvgIpc) is 2.72. The number of rotatable bonds is 3. The molecule has 0 radical (unpaired) electrons. The Morgan fingerprint density at radius 1 is 0.889 bits per heavy atom. The summed E-state index contributed by atoms with van der Waals surface area (Å²) in [5, 5.41) is 2.08. The van der Waals surface area contributed by atoms with Crippen LogP contribution in [-0.2, 0) is 16.0 Å². The second kappa shape index (κ2) is 7.37. The van der Waals surface area contributed by atoms with Gasteiger partial charge in [-0.1, -0.05) is 54.6 Å². The Kier molecular flexibility index (Phi) is 4.61. The van der Waals surface area contributed by atoms with Crippen LogP contribution in [0, 0.1) is 0 Å². The van der Waals surface area contributed by atoms with Crippen LogP contribution >= 0.6 is 0 Å². The zero-order valence-electron chi connectivity index (χ0n) is 14.5. The van der Waals surface area contributed by atoms with Gasteiger partial charge in [0.15, 0.2) is 11.5 Å². The zero-order valence-corrected chi connectivity index (χ0v) is 14.5. The molecule has 0 saturated carbocycles. The summed E-state index contributed by atoms with van der Waals surface area (Å²) < 4.78 is 11.1. The Balaban J connectivity index is 1.35.